The number of aryl methyl sites for hydroxylation is 1. The molecule has 0 aliphatic rings. The largest absolute Gasteiger partial charge is 0.506 e. The van der Waals surface area contributed by atoms with Crippen molar-refractivity contribution in [2.45, 2.75) is 0 Å². The molecule has 27 heavy (non-hydrogen) atoms. The molecular formula is C19H15ClN2O5. The lowest BCUT2D eigenvalue weighted by Crippen LogP contribution is -2.35. The maximum absolute atomic E-state index is 12.5. The van der Waals surface area contributed by atoms with E-state index in [9.17, 15) is 19.5 Å². The van der Waals surface area contributed by atoms with Gasteiger partial charge >= 0.3 is 5.97 Å². The normalized spacial score (nSPS) is 10.7. The fourth-order valence-corrected chi connectivity index (χ4v) is 3.02. The molecule has 0 radical (unpaired) electrons. The van der Waals surface area contributed by atoms with Crippen LogP contribution in [0.5, 0.6) is 5.75 Å². The number of fused-ring (bicyclic) bond motifs is 1. The number of carbonyl (C=O) groups excluding carboxylic acids is 1. The van der Waals surface area contributed by atoms with Crippen LogP contribution in [0.1, 0.15) is 10.4 Å². The summed E-state index contributed by atoms with van der Waals surface area (Å²) < 4.78 is 1.23. The predicted molar refractivity (Wildman–Crippen MR) is 101 cm³/mol. The van der Waals surface area contributed by atoms with E-state index in [2.05, 4.69) is 5.32 Å². The summed E-state index contributed by atoms with van der Waals surface area (Å²) in [7, 11) is 1.47. The van der Waals surface area contributed by atoms with Crippen LogP contribution in [0.2, 0.25) is 5.02 Å². The molecule has 8 heteroatoms. The molecule has 3 aromatic rings. The summed E-state index contributed by atoms with van der Waals surface area (Å²) in [5.41, 5.74) is 0.733. The number of nitrogens with zero attached hydrogens (tertiary/aromatic N) is 1. The molecule has 0 bridgehead atoms. The Morgan fingerprint density at radius 1 is 1.15 bits per heavy atom. The van der Waals surface area contributed by atoms with Crippen molar-refractivity contribution in [3.05, 3.63) is 63.4 Å². The highest BCUT2D eigenvalue weighted by Gasteiger charge is 2.21. The Morgan fingerprint density at radius 3 is 2.52 bits per heavy atom. The molecule has 0 atom stereocenters. The van der Waals surface area contributed by atoms with Gasteiger partial charge in [-0.25, -0.2) is 0 Å². The first-order valence-corrected chi connectivity index (χ1v) is 8.29. The molecule has 2 aromatic carbocycles. The van der Waals surface area contributed by atoms with Crippen molar-refractivity contribution in [2.75, 3.05) is 6.54 Å². The highest BCUT2D eigenvalue weighted by Crippen LogP contribution is 2.31. The van der Waals surface area contributed by atoms with Gasteiger partial charge in [-0.15, -0.1) is 0 Å². The Kier molecular flexibility index (Phi) is 4.87. The van der Waals surface area contributed by atoms with Gasteiger partial charge in [0.15, 0.2) is 0 Å². The lowest BCUT2D eigenvalue weighted by Gasteiger charge is -2.13. The Balaban J connectivity index is 2.20. The van der Waals surface area contributed by atoms with Crippen molar-refractivity contribution in [3.63, 3.8) is 0 Å². The molecule has 0 unspecified atom stereocenters. The number of aromatic nitrogens is 1. The standard InChI is InChI=1S/C19H15ClN2O5/c1-22-14-6-5-11(10-3-2-4-12(20)7-10)8-13(14)17(25)16(19(22)27)18(26)21-9-15(23)24/h2-8,25H,9H2,1H3,(H,21,26)(H,23,24). The Hall–Kier alpha value is -3.32. The van der Waals surface area contributed by atoms with E-state index in [1.165, 1.54) is 11.6 Å². The first kappa shape index (κ1) is 18.5. The molecule has 0 saturated heterocycles. The molecule has 0 aliphatic carbocycles. The highest BCUT2D eigenvalue weighted by molar-refractivity contribution is 6.30. The molecule has 1 aromatic heterocycles. The van der Waals surface area contributed by atoms with Gasteiger partial charge < -0.3 is 20.1 Å². The minimum atomic E-state index is -1.26. The van der Waals surface area contributed by atoms with Gasteiger partial charge in [-0.05, 0) is 35.4 Å². The smallest absolute Gasteiger partial charge is 0.322 e. The van der Waals surface area contributed by atoms with Crippen molar-refractivity contribution in [1.82, 2.24) is 9.88 Å². The average molecular weight is 387 g/mol. The fraction of sp³-hybridized carbons (Fsp3) is 0.105. The molecule has 0 fully saturated rings. The summed E-state index contributed by atoms with van der Waals surface area (Å²) in [6.07, 6.45) is 0. The Bertz CT molecular complexity index is 1140. The van der Waals surface area contributed by atoms with Crippen LogP contribution in [0.15, 0.2) is 47.3 Å². The first-order chi connectivity index (χ1) is 12.8. The van der Waals surface area contributed by atoms with E-state index in [0.717, 1.165) is 11.1 Å². The van der Waals surface area contributed by atoms with Gasteiger partial charge in [0.2, 0.25) is 0 Å². The molecular weight excluding hydrogens is 372 g/mol. The molecule has 3 N–H and O–H groups in total. The summed E-state index contributed by atoms with van der Waals surface area (Å²) in [6, 6.07) is 12.2. The van der Waals surface area contributed by atoms with Crippen LogP contribution in [-0.4, -0.2) is 33.2 Å². The molecule has 0 saturated carbocycles. The molecule has 138 valence electrons. The van der Waals surface area contributed by atoms with E-state index < -0.39 is 35.3 Å². The number of nitrogens with one attached hydrogen (secondary N) is 1. The quantitative estimate of drug-likeness (QED) is 0.638. The van der Waals surface area contributed by atoms with Crippen molar-refractivity contribution >= 4 is 34.4 Å². The summed E-state index contributed by atoms with van der Waals surface area (Å²) in [6.45, 7) is -0.665. The maximum atomic E-state index is 12.5. The van der Waals surface area contributed by atoms with Gasteiger partial charge in [0, 0.05) is 17.5 Å². The van der Waals surface area contributed by atoms with Crippen molar-refractivity contribution < 1.29 is 19.8 Å². The second-order valence-corrected chi connectivity index (χ2v) is 6.34. The second kappa shape index (κ2) is 7.13. The van der Waals surface area contributed by atoms with E-state index in [-0.39, 0.29) is 5.39 Å². The summed E-state index contributed by atoms with van der Waals surface area (Å²) in [5, 5.41) is 22.2. The zero-order valence-corrected chi connectivity index (χ0v) is 14.9. The predicted octanol–water partition coefficient (Wildman–Crippen LogP) is 2.38. The maximum Gasteiger partial charge on any atom is 0.322 e. The minimum absolute atomic E-state index is 0.287. The van der Waals surface area contributed by atoms with Crippen molar-refractivity contribution in [3.8, 4) is 16.9 Å². The van der Waals surface area contributed by atoms with Crippen LogP contribution in [-0.2, 0) is 11.8 Å². The zero-order valence-electron chi connectivity index (χ0n) is 14.2. The lowest BCUT2D eigenvalue weighted by atomic mass is 10.0. The number of halogens is 1. The third kappa shape index (κ3) is 3.50. The van der Waals surface area contributed by atoms with E-state index in [0.29, 0.717) is 10.5 Å². The number of pyridine rings is 1. The minimum Gasteiger partial charge on any atom is -0.506 e. The van der Waals surface area contributed by atoms with Gasteiger partial charge in [0.25, 0.3) is 11.5 Å². The Labute approximate surface area is 158 Å². The van der Waals surface area contributed by atoms with Crippen LogP contribution in [0.25, 0.3) is 22.0 Å². The number of benzene rings is 2. The Morgan fingerprint density at radius 2 is 1.85 bits per heavy atom. The number of carboxylic acids is 1. The van der Waals surface area contributed by atoms with Crippen molar-refractivity contribution in [1.29, 1.82) is 0 Å². The topological polar surface area (TPSA) is 109 Å². The van der Waals surface area contributed by atoms with E-state index in [4.69, 9.17) is 16.7 Å². The number of hydrogen-bond donors (Lipinski definition) is 3. The summed E-state index contributed by atoms with van der Waals surface area (Å²) in [5.74, 6) is -2.71. The number of hydrogen-bond acceptors (Lipinski definition) is 4. The van der Waals surface area contributed by atoms with Crippen molar-refractivity contribution in [2.24, 2.45) is 7.05 Å². The van der Waals surface area contributed by atoms with Crippen LogP contribution >= 0.6 is 11.6 Å². The second-order valence-electron chi connectivity index (χ2n) is 5.91. The van der Waals surface area contributed by atoms with Crippen LogP contribution in [0.3, 0.4) is 0 Å². The lowest BCUT2D eigenvalue weighted by molar-refractivity contribution is -0.135. The van der Waals surface area contributed by atoms with E-state index in [1.807, 2.05) is 6.07 Å². The van der Waals surface area contributed by atoms with Gasteiger partial charge in [-0.3, -0.25) is 14.4 Å². The molecule has 1 amide bonds. The summed E-state index contributed by atoms with van der Waals surface area (Å²) in [4.78, 5) is 35.3. The zero-order chi connectivity index (χ0) is 19.7. The third-order valence-corrected chi connectivity index (χ3v) is 4.39. The first-order valence-electron chi connectivity index (χ1n) is 7.91. The number of aromatic hydroxyl groups is 1. The fourth-order valence-electron chi connectivity index (χ4n) is 2.83. The monoisotopic (exact) mass is 386 g/mol. The average Bonchev–Trinajstić information content (AvgIpc) is 2.64. The molecule has 0 spiro atoms. The third-order valence-electron chi connectivity index (χ3n) is 4.15. The van der Waals surface area contributed by atoms with Gasteiger partial charge in [0.1, 0.15) is 17.9 Å². The number of carboxylic acid groups (broad SMARTS) is 1. The van der Waals surface area contributed by atoms with Gasteiger partial charge in [-0.1, -0.05) is 29.8 Å². The number of amides is 1. The van der Waals surface area contributed by atoms with Gasteiger partial charge in [0.05, 0.1) is 5.52 Å². The van der Waals surface area contributed by atoms with E-state index in [1.54, 1.807) is 36.4 Å². The number of carbonyl (C=O) groups is 2. The molecule has 3 rings (SSSR count). The van der Waals surface area contributed by atoms with Crippen LogP contribution in [0, 0.1) is 0 Å². The SMILES string of the molecule is Cn1c(=O)c(C(=O)NCC(=O)O)c(O)c2cc(-c3cccc(Cl)c3)ccc21. The van der Waals surface area contributed by atoms with E-state index >= 15 is 0 Å². The number of aliphatic carboxylic acids is 1. The highest BCUT2D eigenvalue weighted by atomic mass is 35.5. The van der Waals surface area contributed by atoms with Crippen LogP contribution < -0.4 is 10.9 Å². The molecule has 7 nitrogen and oxygen atoms in total. The van der Waals surface area contributed by atoms with Crippen LogP contribution in [0.4, 0.5) is 0 Å². The molecule has 0 aliphatic heterocycles. The van der Waals surface area contributed by atoms with Gasteiger partial charge in [-0.2, -0.15) is 0 Å². The molecule has 1 heterocycles. The summed E-state index contributed by atoms with van der Waals surface area (Å²) >= 11 is 6.02. The number of rotatable bonds is 4.